The zero-order valence-corrected chi connectivity index (χ0v) is 21.8. The second-order valence-corrected chi connectivity index (χ2v) is 9.25. The quantitative estimate of drug-likeness (QED) is 0.214. The minimum Gasteiger partial charge on any atom is -0.493 e. The number of halogens is 3. The molecule has 10 heteroatoms. The minimum atomic E-state index is -4.57. The van der Waals surface area contributed by atoms with Crippen molar-refractivity contribution in [3.05, 3.63) is 108 Å². The van der Waals surface area contributed by atoms with Crippen LogP contribution in [0.3, 0.4) is 0 Å². The lowest BCUT2D eigenvalue weighted by molar-refractivity contribution is -0.139. The van der Waals surface area contributed by atoms with E-state index in [2.05, 4.69) is 15.1 Å². The number of aromatic nitrogens is 4. The van der Waals surface area contributed by atoms with E-state index in [0.717, 1.165) is 11.6 Å². The van der Waals surface area contributed by atoms with Gasteiger partial charge in [-0.15, -0.1) is 0 Å². The van der Waals surface area contributed by atoms with E-state index in [4.69, 9.17) is 14.5 Å². The summed E-state index contributed by atoms with van der Waals surface area (Å²) < 4.78 is 53.2. The molecule has 5 aromatic rings. The average Bonchev–Trinajstić information content (AvgIpc) is 3.65. The highest BCUT2D eigenvalue weighted by molar-refractivity contribution is 5.62. The Kier molecular flexibility index (Phi) is 8.96. The molecule has 0 aliphatic heterocycles. The van der Waals surface area contributed by atoms with Gasteiger partial charge in [-0.3, -0.25) is 0 Å². The van der Waals surface area contributed by atoms with Crippen LogP contribution in [0.1, 0.15) is 30.5 Å². The molecule has 0 fully saturated rings. The lowest BCUT2D eigenvalue weighted by Crippen LogP contribution is -2.12. The van der Waals surface area contributed by atoms with Gasteiger partial charge in [0.2, 0.25) is 5.82 Å². The van der Waals surface area contributed by atoms with Crippen LogP contribution in [-0.2, 0) is 12.7 Å². The van der Waals surface area contributed by atoms with Crippen LogP contribution in [0.5, 0.6) is 5.75 Å². The summed E-state index contributed by atoms with van der Waals surface area (Å²) in [5.41, 5.74) is 1.76. The molecule has 0 aliphatic carbocycles. The number of alkyl halides is 3. The van der Waals surface area contributed by atoms with Crippen LogP contribution >= 0.6 is 0 Å². The first-order valence-electron chi connectivity index (χ1n) is 12.4. The first kappa shape index (κ1) is 28.1. The van der Waals surface area contributed by atoms with Crippen molar-refractivity contribution >= 4 is 0 Å². The van der Waals surface area contributed by atoms with Crippen molar-refractivity contribution in [1.29, 1.82) is 5.26 Å². The Morgan fingerprint density at radius 1 is 1.00 bits per heavy atom. The van der Waals surface area contributed by atoms with E-state index in [1.54, 1.807) is 24.7 Å². The summed E-state index contributed by atoms with van der Waals surface area (Å²) in [6, 6.07) is 22.4. The van der Waals surface area contributed by atoms with Gasteiger partial charge >= 0.3 is 6.18 Å². The van der Waals surface area contributed by atoms with Crippen molar-refractivity contribution in [2.24, 2.45) is 5.92 Å². The molecule has 5 rings (SSSR count). The number of benzene rings is 3. The van der Waals surface area contributed by atoms with Gasteiger partial charge in [-0.25, -0.2) is 4.98 Å². The zero-order valence-electron chi connectivity index (χ0n) is 21.8. The fourth-order valence-corrected chi connectivity index (χ4v) is 3.59. The molecule has 0 atom stereocenters. The van der Waals surface area contributed by atoms with E-state index in [0.29, 0.717) is 23.5 Å². The van der Waals surface area contributed by atoms with Gasteiger partial charge in [-0.2, -0.15) is 23.4 Å². The van der Waals surface area contributed by atoms with Gasteiger partial charge in [-0.1, -0.05) is 61.5 Å². The second kappa shape index (κ2) is 12.8. The third-order valence-electron chi connectivity index (χ3n) is 5.57. The van der Waals surface area contributed by atoms with Gasteiger partial charge in [-0.05, 0) is 41.8 Å². The summed E-state index contributed by atoms with van der Waals surface area (Å²) in [5, 5.41) is 12.2. The normalized spacial score (nSPS) is 11.0. The van der Waals surface area contributed by atoms with Gasteiger partial charge in [0.15, 0.2) is 0 Å². The molecule has 0 saturated heterocycles. The van der Waals surface area contributed by atoms with Crippen molar-refractivity contribution in [1.82, 2.24) is 19.7 Å². The Morgan fingerprint density at radius 2 is 1.73 bits per heavy atom. The summed E-state index contributed by atoms with van der Waals surface area (Å²) in [6.07, 6.45) is 0.736. The molecule has 0 unspecified atom stereocenters. The van der Waals surface area contributed by atoms with Crippen LogP contribution in [-0.4, -0.2) is 26.3 Å². The standard InChI is InChI=1S/C23H21F3N4O2.C7H5N/c1-15(2)13-31-20-8-7-18(11-19(20)23(24,25)26)22-28-21(29-32-22)17-5-3-16(4-6-17)12-30-10-9-27-14-30;8-6-7-4-2-1-3-5-7/h3-11,14-15H,12-13H2,1-2H3;1-5H. The molecule has 0 bridgehead atoms. The van der Waals surface area contributed by atoms with Crippen LogP contribution in [0, 0.1) is 17.2 Å². The fraction of sp³-hybridized carbons (Fsp3) is 0.200. The second-order valence-electron chi connectivity index (χ2n) is 9.25. The number of nitriles is 1. The predicted molar refractivity (Wildman–Crippen MR) is 143 cm³/mol. The van der Waals surface area contributed by atoms with Gasteiger partial charge in [0.1, 0.15) is 5.75 Å². The van der Waals surface area contributed by atoms with Crippen LogP contribution in [0.4, 0.5) is 13.2 Å². The molecule has 0 radical (unpaired) electrons. The molecular weight excluding hydrogens is 519 g/mol. The molecule has 0 amide bonds. The van der Waals surface area contributed by atoms with E-state index >= 15 is 0 Å². The van der Waals surface area contributed by atoms with Crippen molar-refractivity contribution in [3.63, 3.8) is 0 Å². The molecule has 3 aromatic carbocycles. The van der Waals surface area contributed by atoms with Crippen molar-refractivity contribution in [2.45, 2.75) is 26.6 Å². The Morgan fingerprint density at radius 3 is 2.33 bits per heavy atom. The maximum atomic E-state index is 13.6. The number of rotatable bonds is 7. The Balaban J connectivity index is 0.000000398. The third kappa shape index (κ3) is 7.57. The summed E-state index contributed by atoms with van der Waals surface area (Å²) >= 11 is 0. The highest BCUT2D eigenvalue weighted by Crippen LogP contribution is 2.39. The summed E-state index contributed by atoms with van der Waals surface area (Å²) in [5.74, 6) is 0.176. The van der Waals surface area contributed by atoms with Crippen LogP contribution in [0.15, 0.2) is 96.0 Å². The highest BCUT2D eigenvalue weighted by Gasteiger charge is 2.35. The van der Waals surface area contributed by atoms with E-state index in [1.165, 1.54) is 12.1 Å². The molecular formula is C30H26F3N5O2. The van der Waals surface area contributed by atoms with Crippen LogP contribution in [0.25, 0.3) is 22.8 Å². The maximum absolute atomic E-state index is 13.6. The molecule has 0 N–H and O–H groups in total. The first-order valence-corrected chi connectivity index (χ1v) is 12.4. The van der Waals surface area contributed by atoms with E-state index in [9.17, 15) is 13.2 Å². The van der Waals surface area contributed by atoms with Gasteiger partial charge in [0.25, 0.3) is 5.89 Å². The molecule has 40 heavy (non-hydrogen) atoms. The first-order chi connectivity index (χ1) is 19.2. The smallest absolute Gasteiger partial charge is 0.419 e. The topological polar surface area (TPSA) is 89.8 Å². The van der Waals surface area contributed by atoms with Crippen LogP contribution in [0.2, 0.25) is 0 Å². The third-order valence-corrected chi connectivity index (χ3v) is 5.57. The Bertz CT molecular complexity index is 1540. The van der Waals surface area contributed by atoms with Crippen LogP contribution < -0.4 is 4.74 Å². The molecule has 0 spiro atoms. The van der Waals surface area contributed by atoms with Gasteiger partial charge in [0.05, 0.1) is 30.1 Å². The molecule has 0 saturated carbocycles. The lowest BCUT2D eigenvalue weighted by Gasteiger charge is -2.15. The number of nitrogens with zero attached hydrogens (tertiary/aromatic N) is 5. The molecule has 2 heterocycles. The lowest BCUT2D eigenvalue weighted by atomic mass is 10.1. The highest BCUT2D eigenvalue weighted by atomic mass is 19.4. The SMILES string of the molecule is CC(C)COc1ccc(-c2nc(-c3ccc(Cn4ccnc4)cc3)no2)cc1C(F)(F)F.N#Cc1ccccc1. The fourth-order valence-electron chi connectivity index (χ4n) is 3.59. The monoisotopic (exact) mass is 545 g/mol. The number of ether oxygens (including phenoxy) is 1. The van der Waals surface area contributed by atoms with Gasteiger partial charge < -0.3 is 13.8 Å². The summed E-state index contributed by atoms with van der Waals surface area (Å²) in [4.78, 5) is 8.29. The Hall–Kier alpha value is -4.91. The number of hydrogen-bond acceptors (Lipinski definition) is 6. The maximum Gasteiger partial charge on any atom is 0.419 e. The largest absolute Gasteiger partial charge is 0.493 e. The zero-order chi connectivity index (χ0) is 28.5. The summed E-state index contributed by atoms with van der Waals surface area (Å²) in [7, 11) is 0. The molecule has 7 nitrogen and oxygen atoms in total. The molecule has 2 aromatic heterocycles. The van der Waals surface area contributed by atoms with E-state index in [1.807, 2.05) is 73.1 Å². The van der Waals surface area contributed by atoms with Crippen molar-refractivity contribution < 1.29 is 22.4 Å². The minimum absolute atomic E-state index is 0.00315. The number of imidazole rings is 1. The average molecular weight is 546 g/mol. The van der Waals surface area contributed by atoms with Gasteiger partial charge in [0, 0.05) is 30.1 Å². The molecule has 204 valence electrons. The summed E-state index contributed by atoms with van der Waals surface area (Å²) in [6.45, 7) is 4.59. The number of hydrogen-bond donors (Lipinski definition) is 0. The Labute approximate surface area is 229 Å². The van der Waals surface area contributed by atoms with E-state index < -0.39 is 11.7 Å². The van der Waals surface area contributed by atoms with Crippen molar-refractivity contribution in [2.75, 3.05) is 6.61 Å². The van der Waals surface area contributed by atoms with Crippen molar-refractivity contribution in [3.8, 4) is 34.7 Å². The molecule has 0 aliphatic rings. The predicted octanol–water partition coefficient (Wildman–Crippen LogP) is 7.26. The van der Waals surface area contributed by atoms with E-state index in [-0.39, 0.29) is 29.7 Å².